The van der Waals surface area contributed by atoms with Gasteiger partial charge in [-0.1, -0.05) is 30.7 Å². The fraction of sp³-hybridized carbons (Fsp3) is 0.412. The summed E-state index contributed by atoms with van der Waals surface area (Å²) in [6, 6.07) is 7.81. The van der Waals surface area contributed by atoms with Crippen molar-refractivity contribution in [2.75, 3.05) is 18.5 Å². The first-order chi connectivity index (χ1) is 11.6. The Hall–Kier alpha value is -1.63. The number of fused-ring (bicyclic) bond motifs is 1. The summed E-state index contributed by atoms with van der Waals surface area (Å²) in [5.41, 5.74) is 1.81. The van der Waals surface area contributed by atoms with Crippen LogP contribution in [0.3, 0.4) is 0 Å². The number of anilines is 1. The molecule has 7 heteroatoms. The monoisotopic (exact) mass is 364 g/mol. The smallest absolute Gasteiger partial charge is 0.258 e. The van der Waals surface area contributed by atoms with Crippen LogP contribution in [0.5, 0.6) is 0 Å². The third-order valence-corrected chi connectivity index (χ3v) is 4.76. The maximum absolute atomic E-state index is 12.3. The molecule has 1 aliphatic rings. The first-order valence-corrected chi connectivity index (χ1v) is 8.93. The first kappa shape index (κ1) is 17.2. The van der Waals surface area contributed by atoms with Crippen LogP contribution >= 0.6 is 23.8 Å². The summed E-state index contributed by atoms with van der Waals surface area (Å²) in [6.07, 6.45) is 1.86. The average molecular weight is 365 g/mol. The number of aromatic amines is 1. The van der Waals surface area contributed by atoms with Crippen molar-refractivity contribution in [3.63, 3.8) is 0 Å². The first-order valence-electron chi connectivity index (χ1n) is 8.15. The molecule has 0 unspecified atom stereocenters. The number of aryl methyl sites for hydroxylation is 1. The zero-order chi connectivity index (χ0) is 17.1. The minimum Gasteiger partial charge on any atom is -0.358 e. The number of hydrogen-bond donors (Lipinski definition) is 2. The number of nitrogens with one attached hydrogen (secondary N) is 2. The molecule has 0 bridgehead atoms. The Bertz CT molecular complexity index is 845. The van der Waals surface area contributed by atoms with Gasteiger partial charge in [0.05, 0.1) is 12.2 Å². The van der Waals surface area contributed by atoms with Gasteiger partial charge in [0.15, 0.2) is 4.77 Å². The Labute approximate surface area is 151 Å². The van der Waals surface area contributed by atoms with Crippen LogP contribution in [0.2, 0.25) is 5.02 Å². The quantitative estimate of drug-likeness (QED) is 0.798. The minimum absolute atomic E-state index is 0.0951. The van der Waals surface area contributed by atoms with Crippen LogP contribution in [-0.2, 0) is 19.5 Å². The minimum atomic E-state index is -0.0951. The van der Waals surface area contributed by atoms with Gasteiger partial charge in [-0.15, -0.1) is 0 Å². The molecule has 1 aromatic heterocycles. The summed E-state index contributed by atoms with van der Waals surface area (Å²) >= 11 is 11.4. The molecule has 0 spiro atoms. The second-order valence-corrected chi connectivity index (χ2v) is 6.83. The van der Waals surface area contributed by atoms with E-state index in [1.165, 1.54) is 0 Å². The lowest BCUT2D eigenvalue weighted by atomic mass is 10.1. The molecule has 0 saturated heterocycles. The van der Waals surface area contributed by atoms with E-state index >= 15 is 0 Å². The molecule has 2 aromatic rings. The molecule has 2 N–H and O–H groups in total. The molecule has 0 radical (unpaired) electrons. The van der Waals surface area contributed by atoms with Crippen LogP contribution in [0.15, 0.2) is 29.1 Å². The third-order valence-electron chi connectivity index (χ3n) is 4.20. The summed E-state index contributed by atoms with van der Waals surface area (Å²) in [7, 11) is 0. The van der Waals surface area contributed by atoms with Gasteiger partial charge in [0.2, 0.25) is 0 Å². The summed E-state index contributed by atoms with van der Waals surface area (Å²) in [5.74, 6) is 0.845. The zero-order valence-corrected chi connectivity index (χ0v) is 15.2. The lowest BCUT2D eigenvalue weighted by molar-refractivity contribution is 0.272. The highest BCUT2D eigenvalue weighted by Crippen LogP contribution is 2.20. The van der Waals surface area contributed by atoms with E-state index in [0.717, 1.165) is 48.0 Å². The second-order valence-electron chi connectivity index (χ2n) is 6.01. The normalized spacial score (nSPS) is 14.2. The number of rotatable bonds is 5. The van der Waals surface area contributed by atoms with Crippen LogP contribution in [0.1, 0.15) is 24.5 Å². The van der Waals surface area contributed by atoms with Crippen molar-refractivity contribution in [1.29, 1.82) is 0 Å². The fourth-order valence-corrected chi connectivity index (χ4v) is 3.54. The Morgan fingerprint density at radius 1 is 1.33 bits per heavy atom. The van der Waals surface area contributed by atoms with E-state index in [0.29, 0.717) is 17.9 Å². The molecular formula is C17H21ClN4OS. The standard InChI is InChI=1S/C17H21ClN4OS/c1-2-7-21-10-14-15(19-11-21)22(17(24)20-16(14)23)8-6-12-4-3-5-13(18)9-12/h3-5,9,19H,2,6-8,10-11H2,1H3,(H,20,23,24). The van der Waals surface area contributed by atoms with E-state index in [1.54, 1.807) is 0 Å². The molecule has 5 nitrogen and oxygen atoms in total. The van der Waals surface area contributed by atoms with Crippen molar-refractivity contribution in [2.24, 2.45) is 0 Å². The molecule has 24 heavy (non-hydrogen) atoms. The molecule has 1 aromatic carbocycles. The Morgan fingerprint density at radius 2 is 2.17 bits per heavy atom. The van der Waals surface area contributed by atoms with Crippen molar-refractivity contribution in [3.05, 3.63) is 55.5 Å². The van der Waals surface area contributed by atoms with Gasteiger partial charge in [0.25, 0.3) is 5.56 Å². The highest BCUT2D eigenvalue weighted by molar-refractivity contribution is 7.71. The molecular weight excluding hydrogens is 344 g/mol. The van der Waals surface area contributed by atoms with Crippen molar-refractivity contribution in [2.45, 2.75) is 32.9 Å². The molecule has 2 heterocycles. The average Bonchev–Trinajstić information content (AvgIpc) is 2.55. The lowest BCUT2D eigenvalue weighted by Crippen LogP contribution is -2.39. The molecule has 3 rings (SSSR count). The van der Waals surface area contributed by atoms with Crippen molar-refractivity contribution >= 4 is 29.6 Å². The van der Waals surface area contributed by atoms with Gasteiger partial charge in [0, 0.05) is 18.1 Å². The van der Waals surface area contributed by atoms with Gasteiger partial charge in [-0.25, -0.2) is 0 Å². The molecule has 0 amide bonds. The number of H-pyrrole nitrogens is 1. The van der Waals surface area contributed by atoms with Crippen LogP contribution in [-0.4, -0.2) is 27.7 Å². The molecule has 0 fully saturated rings. The molecule has 128 valence electrons. The summed E-state index contributed by atoms with van der Waals surface area (Å²) < 4.78 is 2.44. The van der Waals surface area contributed by atoms with Crippen molar-refractivity contribution < 1.29 is 0 Å². The van der Waals surface area contributed by atoms with Gasteiger partial charge in [0.1, 0.15) is 5.82 Å². The van der Waals surface area contributed by atoms with Crippen molar-refractivity contribution in [1.82, 2.24) is 14.5 Å². The van der Waals surface area contributed by atoms with Gasteiger partial charge in [-0.05, 0) is 49.3 Å². The van der Waals surface area contributed by atoms with Crippen molar-refractivity contribution in [3.8, 4) is 0 Å². The number of aromatic nitrogens is 2. The molecule has 0 atom stereocenters. The maximum atomic E-state index is 12.3. The summed E-state index contributed by atoms with van der Waals surface area (Å²) in [4.78, 5) is 17.3. The van der Waals surface area contributed by atoms with Crippen LogP contribution < -0.4 is 10.9 Å². The molecule has 1 aliphatic heterocycles. The lowest BCUT2D eigenvalue weighted by Gasteiger charge is -2.30. The number of halogens is 1. The SMILES string of the molecule is CCCN1CNc2c(c(=O)[nH]c(=S)n2CCc2cccc(Cl)c2)C1. The molecule has 0 saturated carbocycles. The highest BCUT2D eigenvalue weighted by Gasteiger charge is 2.21. The Morgan fingerprint density at radius 3 is 2.92 bits per heavy atom. The Balaban J connectivity index is 1.87. The predicted molar refractivity (Wildman–Crippen MR) is 100 cm³/mol. The van der Waals surface area contributed by atoms with Gasteiger partial charge < -0.3 is 9.88 Å². The maximum Gasteiger partial charge on any atom is 0.258 e. The largest absolute Gasteiger partial charge is 0.358 e. The van der Waals surface area contributed by atoms with E-state index in [1.807, 2.05) is 28.8 Å². The Kier molecular flexibility index (Phi) is 5.38. The third kappa shape index (κ3) is 3.71. The van der Waals surface area contributed by atoms with Gasteiger partial charge in [-0.2, -0.15) is 0 Å². The summed E-state index contributed by atoms with van der Waals surface area (Å²) in [5, 5.41) is 4.10. The number of benzene rings is 1. The molecule has 0 aliphatic carbocycles. The van der Waals surface area contributed by atoms with Crippen LogP contribution in [0, 0.1) is 4.77 Å². The van der Waals surface area contributed by atoms with Crippen LogP contribution in [0.4, 0.5) is 5.82 Å². The second kappa shape index (κ2) is 7.51. The van der Waals surface area contributed by atoms with E-state index < -0.39 is 0 Å². The zero-order valence-electron chi connectivity index (χ0n) is 13.6. The number of nitrogens with zero attached hydrogens (tertiary/aromatic N) is 2. The summed E-state index contributed by atoms with van der Waals surface area (Å²) in [6.45, 7) is 5.18. The van der Waals surface area contributed by atoms with E-state index in [2.05, 4.69) is 22.1 Å². The fourth-order valence-electron chi connectivity index (χ4n) is 3.05. The van der Waals surface area contributed by atoms with E-state index in [-0.39, 0.29) is 5.56 Å². The van der Waals surface area contributed by atoms with E-state index in [4.69, 9.17) is 23.8 Å². The van der Waals surface area contributed by atoms with Gasteiger partial charge in [-0.3, -0.25) is 14.7 Å². The highest BCUT2D eigenvalue weighted by atomic mass is 35.5. The van der Waals surface area contributed by atoms with Crippen LogP contribution in [0.25, 0.3) is 0 Å². The topological polar surface area (TPSA) is 53.1 Å². The number of hydrogen-bond acceptors (Lipinski definition) is 4. The predicted octanol–water partition coefficient (Wildman–Crippen LogP) is 3.40. The van der Waals surface area contributed by atoms with Gasteiger partial charge >= 0.3 is 0 Å². The van der Waals surface area contributed by atoms with E-state index in [9.17, 15) is 4.79 Å².